The predicted molar refractivity (Wildman–Crippen MR) is 102 cm³/mol. The number of nitrogens with zero attached hydrogens (tertiary/aromatic N) is 1. The molecule has 2 aromatic rings. The number of hydrogen-bond acceptors (Lipinski definition) is 4. The van der Waals surface area contributed by atoms with E-state index in [1.54, 1.807) is 31.4 Å². The molecule has 26 heavy (non-hydrogen) atoms. The molecule has 1 aliphatic heterocycles. The van der Waals surface area contributed by atoms with Gasteiger partial charge in [0.25, 0.3) is 0 Å². The lowest BCUT2D eigenvalue weighted by Crippen LogP contribution is -2.40. The maximum atomic E-state index is 12.9. The summed E-state index contributed by atoms with van der Waals surface area (Å²) in [6.07, 6.45) is 0.512. The zero-order chi connectivity index (χ0) is 18.7. The fourth-order valence-corrected chi connectivity index (χ4v) is 4.79. The number of benzene rings is 2. The van der Waals surface area contributed by atoms with Crippen LogP contribution in [0.4, 0.5) is 0 Å². The fourth-order valence-electron chi connectivity index (χ4n) is 3.15. The summed E-state index contributed by atoms with van der Waals surface area (Å²) < 4.78 is 32.6. The van der Waals surface area contributed by atoms with Crippen LogP contribution in [0.2, 0.25) is 5.02 Å². The van der Waals surface area contributed by atoms with Crippen molar-refractivity contribution in [2.75, 3.05) is 20.2 Å². The summed E-state index contributed by atoms with van der Waals surface area (Å²) in [7, 11) is -2.00. The van der Waals surface area contributed by atoms with E-state index in [9.17, 15) is 13.5 Å². The zero-order valence-corrected chi connectivity index (χ0v) is 16.1. The first-order valence-corrected chi connectivity index (χ1v) is 10.3. The van der Waals surface area contributed by atoms with E-state index in [0.29, 0.717) is 37.6 Å². The first kappa shape index (κ1) is 19.3. The second-order valence-electron chi connectivity index (χ2n) is 6.39. The Hall–Kier alpha value is -1.44. The van der Waals surface area contributed by atoms with Gasteiger partial charge in [-0.25, -0.2) is 8.42 Å². The van der Waals surface area contributed by atoms with Gasteiger partial charge >= 0.3 is 0 Å². The van der Waals surface area contributed by atoms with Gasteiger partial charge in [-0.3, -0.25) is 0 Å². The molecule has 0 atom stereocenters. The largest absolute Gasteiger partial charge is 0.393 e. The monoisotopic (exact) mass is 395 g/mol. The highest BCUT2D eigenvalue weighted by Gasteiger charge is 2.29. The molecule has 0 unspecified atom stereocenters. The van der Waals surface area contributed by atoms with Crippen LogP contribution in [-0.4, -0.2) is 44.1 Å². The Morgan fingerprint density at radius 3 is 2.42 bits per heavy atom. The molecule has 1 aliphatic rings. The van der Waals surface area contributed by atoms with Crippen molar-refractivity contribution in [3.05, 3.63) is 53.1 Å². The van der Waals surface area contributed by atoms with Crippen molar-refractivity contribution in [2.24, 2.45) is 0 Å². The van der Waals surface area contributed by atoms with Crippen LogP contribution in [0.5, 0.6) is 0 Å². The van der Waals surface area contributed by atoms with E-state index in [4.69, 9.17) is 16.3 Å². The second-order valence-corrected chi connectivity index (χ2v) is 8.77. The number of halogens is 1. The topological polar surface area (TPSA) is 66.8 Å². The lowest BCUT2D eigenvalue weighted by Gasteiger charge is -2.29. The van der Waals surface area contributed by atoms with Crippen molar-refractivity contribution >= 4 is 21.6 Å². The number of piperidine rings is 1. The summed E-state index contributed by atoms with van der Waals surface area (Å²) in [5.41, 5.74) is 2.66. The summed E-state index contributed by atoms with van der Waals surface area (Å²) >= 11 is 5.95. The predicted octanol–water partition coefficient (Wildman–Crippen LogP) is 3.30. The zero-order valence-electron chi connectivity index (χ0n) is 14.6. The minimum Gasteiger partial charge on any atom is -0.393 e. The van der Waals surface area contributed by atoms with Crippen molar-refractivity contribution in [2.45, 2.75) is 30.4 Å². The van der Waals surface area contributed by atoms with Gasteiger partial charge in [-0.15, -0.1) is 0 Å². The minimum atomic E-state index is -3.59. The standard InChI is InChI=1S/C19H22ClNO4S/c1-25-13-15-12-18(26(23,24)21-10-8-17(22)9-11-21)6-7-19(15)14-2-4-16(20)5-3-14/h2-7,12,17,22H,8-11,13H2,1H3. The van der Waals surface area contributed by atoms with E-state index >= 15 is 0 Å². The van der Waals surface area contributed by atoms with Crippen LogP contribution < -0.4 is 0 Å². The molecule has 1 N–H and O–H groups in total. The normalized spacial score (nSPS) is 16.7. The van der Waals surface area contributed by atoms with Crippen molar-refractivity contribution in [3.63, 3.8) is 0 Å². The molecule has 0 amide bonds. The Bertz CT molecular complexity index is 860. The van der Waals surface area contributed by atoms with Gasteiger partial charge in [0.2, 0.25) is 10.0 Å². The van der Waals surface area contributed by atoms with Gasteiger partial charge < -0.3 is 9.84 Å². The van der Waals surface area contributed by atoms with Gasteiger partial charge in [0.15, 0.2) is 0 Å². The van der Waals surface area contributed by atoms with E-state index in [2.05, 4.69) is 0 Å². The Morgan fingerprint density at radius 2 is 1.81 bits per heavy atom. The molecule has 0 radical (unpaired) electrons. The van der Waals surface area contributed by atoms with Crippen LogP contribution in [0.1, 0.15) is 18.4 Å². The molecule has 0 spiro atoms. The lowest BCUT2D eigenvalue weighted by molar-refractivity contribution is 0.113. The average Bonchev–Trinajstić information content (AvgIpc) is 2.63. The molecule has 0 aliphatic carbocycles. The second kappa shape index (κ2) is 8.06. The highest BCUT2D eigenvalue weighted by molar-refractivity contribution is 7.89. The average molecular weight is 396 g/mol. The van der Waals surface area contributed by atoms with Gasteiger partial charge in [-0.05, 0) is 53.8 Å². The van der Waals surface area contributed by atoms with E-state index in [0.717, 1.165) is 16.7 Å². The molecule has 5 nitrogen and oxygen atoms in total. The van der Waals surface area contributed by atoms with Crippen molar-refractivity contribution < 1.29 is 18.3 Å². The van der Waals surface area contributed by atoms with Crippen molar-refractivity contribution in [1.29, 1.82) is 0 Å². The molecule has 2 aromatic carbocycles. The molecule has 1 heterocycles. The maximum Gasteiger partial charge on any atom is 0.243 e. The lowest BCUT2D eigenvalue weighted by atomic mass is 10.0. The van der Waals surface area contributed by atoms with Crippen molar-refractivity contribution in [3.8, 4) is 11.1 Å². The van der Waals surface area contributed by atoms with Crippen LogP contribution in [0.3, 0.4) is 0 Å². The van der Waals surface area contributed by atoms with Gasteiger partial charge in [0, 0.05) is 25.2 Å². The summed E-state index contributed by atoms with van der Waals surface area (Å²) in [4.78, 5) is 0.249. The third-order valence-electron chi connectivity index (χ3n) is 4.59. The smallest absolute Gasteiger partial charge is 0.243 e. The molecular formula is C19H22ClNO4S. The molecule has 0 bridgehead atoms. The van der Waals surface area contributed by atoms with Crippen LogP contribution >= 0.6 is 11.6 Å². The minimum absolute atomic E-state index is 0.249. The third kappa shape index (κ3) is 4.10. The summed E-state index contributed by atoms with van der Waals surface area (Å²) in [5.74, 6) is 0. The van der Waals surface area contributed by atoms with E-state index in [1.165, 1.54) is 4.31 Å². The number of aliphatic hydroxyl groups excluding tert-OH is 1. The first-order chi connectivity index (χ1) is 12.4. The van der Waals surface area contributed by atoms with Gasteiger partial charge in [-0.2, -0.15) is 4.31 Å². The van der Waals surface area contributed by atoms with E-state index < -0.39 is 16.1 Å². The molecule has 0 saturated carbocycles. The van der Waals surface area contributed by atoms with Gasteiger partial charge in [0.05, 0.1) is 17.6 Å². The van der Waals surface area contributed by atoms with E-state index in [-0.39, 0.29) is 4.90 Å². The Labute approximate surface area is 159 Å². The maximum absolute atomic E-state index is 12.9. The molecule has 1 saturated heterocycles. The number of rotatable bonds is 5. The Kier molecular flexibility index (Phi) is 5.99. The SMILES string of the molecule is COCc1cc(S(=O)(=O)N2CCC(O)CC2)ccc1-c1ccc(Cl)cc1. The number of sulfonamides is 1. The van der Waals surface area contributed by atoms with Crippen molar-refractivity contribution in [1.82, 2.24) is 4.31 Å². The number of hydrogen-bond donors (Lipinski definition) is 1. The summed E-state index contributed by atoms with van der Waals surface area (Å²) in [6, 6.07) is 12.5. The molecule has 0 aromatic heterocycles. The number of methoxy groups -OCH3 is 1. The van der Waals surface area contributed by atoms with Crippen LogP contribution in [0, 0.1) is 0 Å². The molecule has 3 rings (SSSR count). The molecule has 7 heteroatoms. The first-order valence-electron chi connectivity index (χ1n) is 8.48. The molecule has 140 valence electrons. The summed E-state index contributed by atoms with van der Waals surface area (Å²) in [6.45, 7) is 0.976. The Balaban J connectivity index is 1.96. The van der Waals surface area contributed by atoms with Gasteiger partial charge in [-0.1, -0.05) is 29.8 Å². The number of aliphatic hydroxyl groups is 1. The molecule has 1 fully saturated rings. The quantitative estimate of drug-likeness (QED) is 0.843. The van der Waals surface area contributed by atoms with Gasteiger partial charge in [0.1, 0.15) is 0 Å². The molecular weight excluding hydrogens is 374 g/mol. The highest BCUT2D eigenvalue weighted by atomic mass is 35.5. The van der Waals surface area contributed by atoms with Crippen LogP contribution in [0.25, 0.3) is 11.1 Å². The highest BCUT2D eigenvalue weighted by Crippen LogP contribution is 2.30. The fraction of sp³-hybridized carbons (Fsp3) is 0.368. The number of ether oxygens (including phenoxy) is 1. The van der Waals surface area contributed by atoms with Crippen LogP contribution in [0.15, 0.2) is 47.4 Å². The third-order valence-corrected chi connectivity index (χ3v) is 6.74. The van der Waals surface area contributed by atoms with Crippen LogP contribution in [-0.2, 0) is 21.4 Å². The van der Waals surface area contributed by atoms with E-state index in [1.807, 2.05) is 18.2 Å². The Morgan fingerprint density at radius 1 is 1.15 bits per heavy atom. The summed E-state index contributed by atoms with van der Waals surface area (Å²) in [5, 5.41) is 10.3.